The number of ether oxygens (including phenoxy) is 1. The lowest BCUT2D eigenvalue weighted by atomic mass is 9.66. The molecule has 0 atom stereocenters. The van der Waals surface area contributed by atoms with E-state index in [0.29, 0.717) is 0 Å². The van der Waals surface area contributed by atoms with Gasteiger partial charge in [0.05, 0.1) is 24.3 Å². The highest BCUT2D eigenvalue weighted by molar-refractivity contribution is 5.27. The summed E-state index contributed by atoms with van der Waals surface area (Å²) in [6.45, 7) is 10.6. The zero-order chi connectivity index (χ0) is 13.3. The molecule has 0 bridgehead atoms. The standard InChI is InChI=1S/C15H23N3O/c1-14(2,18-9-7-16-8-10-18)15(11-19-12-15)13-5-3-4-6-17-13/h3-6,16H,7-12H2,1-2H3. The topological polar surface area (TPSA) is 37.4 Å². The predicted molar refractivity (Wildman–Crippen MR) is 75.3 cm³/mol. The molecule has 104 valence electrons. The molecule has 4 heteroatoms. The van der Waals surface area contributed by atoms with E-state index >= 15 is 0 Å². The second-order valence-electron chi connectivity index (χ2n) is 6.09. The van der Waals surface area contributed by atoms with Gasteiger partial charge in [-0.25, -0.2) is 0 Å². The van der Waals surface area contributed by atoms with Crippen molar-refractivity contribution in [2.24, 2.45) is 0 Å². The van der Waals surface area contributed by atoms with Gasteiger partial charge in [0.25, 0.3) is 0 Å². The molecule has 0 unspecified atom stereocenters. The number of rotatable bonds is 3. The molecule has 3 rings (SSSR count). The van der Waals surface area contributed by atoms with Crippen LogP contribution < -0.4 is 5.32 Å². The van der Waals surface area contributed by atoms with Crippen molar-refractivity contribution in [2.45, 2.75) is 24.8 Å². The zero-order valence-electron chi connectivity index (χ0n) is 11.9. The van der Waals surface area contributed by atoms with E-state index < -0.39 is 0 Å². The van der Waals surface area contributed by atoms with E-state index in [1.165, 1.54) is 5.69 Å². The van der Waals surface area contributed by atoms with Crippen LogP contribution in [0.2, 0.25) is 0 Å². The molecule has 0 spiro atoms. The van der Waals surface area contributed by atoms with Gasteiger partial charge in [-0.1, -0.05) is 6.07 Å². The fourth-order valence-corrected chi connectivity index (χ4v) is 3.29. The highest BCUT2D eigenvalue weighted by Crippen LogP contribution is 2.44. The van der Waals surface area contributed by atoms with Gasteiger partial charge in [0.15, 0.2) is 0 Å². The van der Waals surface area contributed by atoms with E-state index in [9.17, 15) is 0 Å². The zero-order valence-corrected chi connectivity index (χ0v) is 11.9. The maximum Gasteiger partial charge on any atom is 0.0770 e. The van der Waals surface area contributed by atoms with E-state index in [-0.39, 0.29) is 11.0 Å². The summed E-state index contributed by atoms with van der Waals surface area (Å²) in [6, 6.07) is 6.21. The summed E-state index contributed by atoms with van der Waals surface area (Å²) in [5, 5.41) is 3.43. The number of aromatic nitrogens is 1. The number of hydrogen-bond acceptors (Lipinski definition) is 4. The minimum Gasteiger partial charge on any atom is -0.379 e. The van der Waals surface area contributed by atoms with Gasteiger partial charge in [0, 0.05) is 37.9 Å². The summed E-state index contributed by atoms with van der Waals surface area (Å²) in [5.74, 6) is 0. The SMILES string of the molecule is CC(C)(N1CCNCC1)C1(c2ccccn2)COC1. The Morgan fingerprint density at radius 1 is 1.26 bits per heavy atom. The van der Waals surface area contributed by atoms with E-state index in [2.05, 4.69) is 41.2 Å². The first-order valence-electron chi connectivity index (χ1n) is 7.12. The molecule has 4 nitrogen and oxygen atoms in total. The number of pyridine rings is 1. The van der Waals surface area contributed by atoms with Crippen LogP contribution in [-0.2, 0) is 10.2 Å². The van der Waals surface area contributed by atoms with Gasteiger partial charge >= 0.3 is 0 Å². The molecule has 19 heavy (non-hydrogen) atoms. The molecule has 0 aliphatic carbocycles. The third-order valence-electron chi connectivity index (χ3n) is 4.93. The largest absolute Gasteiger partial charge is 0.379 e. The van der Waals surface area contributed by atoms with Gasteiger partial charge in [0.1, 0.15) is 0 Å². The number of piperazine rings is 1. The molecular formula is C15H23N3O. The van der Waals surface area contributed by atoms with Crippen molar-refractivity contribution in [2.75, 3.05) is 39.4 Å². The molecule has 0 saturated carbocycles. The van der Waals surface area contributed by atoms with Gasteiger partial charge in [0.2, 0.25) is 0 Å². The third-order valence-corrected chi connectivity index (χ3v) is 4.93. The van der Waals surface area contributed by atoms with Crippen molar-refractivity contribution in [3.63, 3.8) is 0 Å². The highest BCUT2D eigenvalue weighted by atomic mass is 16.5. The summed E-state index contributed by atoms with van der Waals surface area (Å²) in [5.41, 5.74) is 1.28. The highest BCUT2D eigenvalue weighted by Gasteiger charge is 2.55. The molecule has 3 heterocycles. The molecule has 1 aromatic rings. The van der Waals surface area contributed by atoms with Gasteiger partial charge in [-0.2, -0.15) is 0 Å². The molecule has 2 aliphatic heterocycles. The summed E-state index contributed by atoms with van der Waals surface area (Å²) < 4.78 is 5.59. The molecule has 0 amide bonds. The Kier molecular flexibility index (Phi) is 3.33. The van der Waals surface area contributed by atoms with Crippen molar-refractivity contribution in [3.05, 3.63) is 30.1 Å². The van der Waals surface area contributed by atoms with E-state index in [1.807, 2.05) is 12.3 Å². The van der Waals surface area contributed by atoms with Crippen LogP contribution in [0, 0.1) is 0 Å². The normalized spacial score (nSPS) is 23.9. The molecule has 0 radical (unpaired) electrons. The van der Waals surface area contributed by atoms with Crippen LogP contribution >= 0.6 is 0 Å². The second-order valence-corrected chi connectivity index (χ2v) is 6.09. The van der Waals surface area contributed by atoms with Gasteiger partial charge in [-0.05, 0) is 26.0 Å². The van der Waals surface area contributed by atoms with Crippen LogP contribution in [0.25, 0.3) is 0 Å². The third kappa shape index (κ3) is 1.98. The molecular weight excluding hydrogens is 238 g/mol. The quantitative estimate of drug-likeness (QED) is 0.882. The minimum atomic E-state index is 0.0333. The maximum atomic E-state index is 5.59. The first-order valence-corrected chi connectivity index (χ1v) is 7.12. The van der Waals surface area contributed by atoms with Crippen molar-refractivity contribution in [1.29, 1.82) is 0 Å². The van der Waals surface area contributed by atoms with Crippen molar-refractivity contribution >= 4 is 0 Å². The van der Waals surface area contributed by atoms with Crippen LogP contribution in [0.5, 0.6) is 0 Å². The van der Waals surface area contributed by atoms with Crippen molar-refractivity contribution in [3.8, 4) is 0 Å². The Balaban J connectivity index is 1.92. The summed E-state index contributed by atoms with van der Waals surface area (Å²) >= 11 is 0. The molecule has 2 saturated heterocycles. The maximum absolute atomic E-state index is 5.59. The lowest BCUT2D eigenvalue weighted by molar-refractivity contribution is -0.138. The Hall–Kier alpha value is -0.970. The lowest BCUT2D eigenvalue weighted by Crippen LogP contribution is -2.69. The number of nitrogens with one attached hydrogen (secondary N) is 1. The molecule has 2 fully saturated rings. The van der Waals surface area contributed by atoms with Crippen LogP contribution in [0.1, 0.15) is 19.5 Å². The van der Waals surface area contributed by atoms with Crippen LogP contribution in [0.15, 0.2) is 24.4 Å². The van der Waals surface area contributed by atoms with Crippen molar-refractivity contribution in [1.82, 2.24) is 15.2 Å². The second kappa shape index (κ2) is 4.85. The summed E-state index contributed by atoms with van der Waals surface area (Å²) in [4.78, 5) is 7.20. The van der Waals surface area contributed by atoms with Crippen LogP contribution in [-0.4, -0.2) is 54.8 Å². The molecule has 1 aromatic heterocycles. The van der Waals surface area contributed by atoms with Gasteiger partial charge in [-0.15, -0.1) is 0 Å². The fraction of sp³-hybridized carbons (Fsp3) is 0.667. The first kappa shape index (κ1) is 13.0. The minimum absolute atomic E-state index is 0.0333. The van der Waals surface area contributed by atoms with E-state index in [0.717, 1.165) is 39.4 Å². The van der Waals surface area contributed by atoms with Crippen LogP contribution in [0.4, 0.5) is 0 Å². The number of hydrogen-bond donors (Lipinski definition) is 1. The average Bonchev–Trinajstić information content (AvgIpc) is 2.39. The predicted octanol–water partition coefficient (Wildman–Crippen LogP) is 1.03. The Morgan fingerprint density at radius 2 is 2.00 bits per heavy atom. The monoisotopic (exact) mass is 261 g/mol. The average molecular weight is 261 g/mol. The summed E-state index contributed by atoms with van der Waals surface area (Å²) in [6.07, 6.45) is 1.89. The number of nitrogens with zero attached hydrogens (tertiary/aromatic N) is 2. The van der Waals surface area contributed by atoms with Gasteiger partial charge in [-0.3, -0.25) is 9.88 Å². The Morgan fingerprint density at radius 3 is 2.53 bits per heavy atom. The Labute approximate surface area is 115 Å². The van der Waals surface area contributed by atoms with Crippen molar-refractivity contribution < 1.29 is 4.74 Å². The lowest BCUT2D eigenvalue weighted by Gasteiger charge is -2.57. The molecule has 2 aliphatic rings. The first-order chi connectivity index (χ1) is 9.17. The fourth-order valence-electron chi connectivity index (χ4n) is 3.29. The Bertz CT molecular complexity index is 422. The molecule has 1 N–H and O–H groups in total. The summed E-state index contributed by atoms with van der Waals surface area (Å²) in [7, 11) is 0. The molecule has 0 aromatic carbocycles. The van der Waals surface area contributed by atoms with Crippen LogP contribution in [0.3, 0.4) is 0 Å². The smallest absolute Gasteiger partial charge is 0.0770 e. The van der Waals surface area contributed by atoms with E-state index in [1.54, 1.807) is 0 Å². The van der Waals surface area contributed by atoms with E-state index in [4.69, 9.17) is 4.74 Å². The van der Waals surface area contributed by atoms with Gasteiger partial charge < -0.3 is 10.1 Å².